The molecule has 0 aromatic heterocycles. The molecule has 0 aliphatic carbocycles. The van der Waals surface area contributed by atoms with E-state index in [4.69, 9.17) is 23.2 Å². The quantitative estimate of drug-likeness (QED) is 0.828. The molecule has 1 aromatic carbocycles. The molecule has 20 heavy (non-hydrogen) atoms. The van der Waals surface area contributed by atoms with Gasteiger partial charge in [-0.15, -0.1) is 11.8 Å². The van der Waals surface area contributed by atoms with Crippen molar-refractivity contribution < 1.29 is 4.79 Å². The number of rotatable bonds is 2. The molecule has 0 saturated carbocycles. The number of hydrogen-bond donors (Lipinski definition) is 0. The van der Waals surface area contributed by atoms with Gasteiger partial charge in [-0.3, -0.25) is 4.79 Å². The van der Waals surface area contributed by atoms with Crippen LogP contribution in [0.15, 0.2) is 18.2 Å². The molecule has 0 spiro atoms. The van der Waals surface area contributed by atoms with Crippen molar-refractivity contribution in [3.63, 3.8) is 0 Å². The number of benzene rings is 1. The highest BCUT2D eigenvalue weighted by atomic mass is 35.5. The third kappa shape index (κ3) is 2.90. The maximum absolute atomic E-state index is 12.5. The number of halogens is 2. The summed E-state index contributed by atoms with van der Waals surface area (Å²) in [5.74, 6) is -0.120. The summed E-state index contributed by atoms with van der Waals surface area (Å²) in [4.78, 5) is 14.2. The number of likely N-dealkylation sites (tertiary alicyclic amines) is 1. The zero-order valence-corrected chi connectivity index (χ0v) is 13.4. The van der Waals surface area contributed by atoms with Crippen LogP contribution in [0.1, 0.15) is 23.2 Å². The van der Waals surface area contributed by atoms with E-state index in [0.717, 1.165) is 0 Å². The molecule has 1 aromatic rings. The largest absolute Gasteiger partial charge is 0.338 e. The second-order valence-corrected chi connectivity index (χ2v) is 6.68. The van der Waals surface area contributed by atoms with Gasteiger partial charge < -0.3 is 4.90 Å². The van der Waals surface area contributed by atoms with Crippen molar-refractivity contribution in [2.75, 3.05) is 19.3 Å². The number of nitriles is 1. The molecule has 1 aliphatic heterocycles. The van der Waals surface area contributed by atoms with Gasteiger partial charge in [0, 0.05) is 13.1 Å². The normalized spacial score (nSPS) is 17.6. The lowest BCUT2D eigenvalue weighted by molar-refractivity contribution is 0.0717. The van der Waals surface area contributed by atoms with E-state index in [2.05, 4.69) is 6.07 Å². The average molecular weight is 329 g/mol. The zero-order chi connectivity index (χ0) is 14.8. The Labute approximate surface area is 132 Å². The topological polar surface area (TPSA) is 44.1 Å². The molecule has 1 saturated heterocycles. The Bertz CT molecular complexity index is 563. The number of amides is 1. The van der Waals surface area contributed by atoms with Crippen LogP contribution in [0.5, 0.6) is 0 Å². The van der Waals surface area contributed by atoms with Crippen molar-refractivity contribution in [3.8, 4) is 6.07 Å². The van der Waals surface area contributed by atoms with E-state index in [1.807, 2.05) is 6.26 Å². The third-order valence-electron chi connectivity index (χ3n) is 3.63. The van der Waals surface area contributed by atoms with Gasteiger partial charge in [-0.2, -0.15) is 5.26 Å². The molecule has 6 heteroatoms. The van der Waals surface area contributed by atoms with Crippen molar-refractivity contribution in [2.45, 2.75) is 17.6 Å². The Kier molecular flexibility index (Phi) is 4.85. The monoisotopic (exact) mass is 328 g/mol. The highest BCUT2D eigenvalue weighted by Crippen LogP contribution is 2.35. The van der Waals surface area contributed by atoms with Crippen LogP contribution in [0, 0.1) is 11.3 Å². The summed E-state index contributed by atoms with van der Waals surface area (Å²) in [5, 5.41) is 9.92. The van der Waals surface area contributed by atoms with E-state index in [9.17, 15) is 10.1 Å². The predicted octanol–water partition coefficient (Wildman–Crippen LogP) is 3.85. The van der Waals surface area contributed by atoms with Crippen LogP contribution in [-0.4, -0.2) is 34.9 Å². The summed E-state index contributed by atoms with van der Waals surface area (Å²) in [6.45, 7) is 1.13. The molecule has 0 atom stereocenters. The fourth-order valence-corrected chi connectivity index (χ4v) is 3.34. The summed E-state index contributed by atoms with van der Waals surface area (Å²) in [6.07, 6.45) is 3.29. The van der Waals surface area contributed by atoms with Crippen molar-refractivity contribution in [1.29, 1.82) is 5.26 Å². The maximum atomic E-state index is 12.5. The van der Waals surface area contributed by atoms with Gasteiger partial charge in [0.05, 0.1) is 21.7 Å². The molecular weight excluding hydrogens is 315 g/mol. The SMILES string of the molecule is CSC1(C#N)CCN(C(=O)c2cccc(Cl)c2Cl)CC1. The van der Waals surface area contributed by atoms with E-state index in [0.29, 0.717) is 41.5 Å². The van der Waals surface area contributed by atoms with Gasteiger partial charge in [0.25, 0.3) is 5.91 Å². The lowest BCUT2D eigenvalue weighted by atomic mass is 9.96. The van der Waals surface area contributed by atoms with E-state index in [-0.39, 0.29) is 10.7 Å². The highest BCUT2D eigenvalue weighted by molar-refractivity contribution is 8.00. The Morgan fingerprint density at radius 2 is 2.05 bits per heavy atom. The zero-order valence-electron chi connectivity index (χ0n) is 11.0. The minimum atomic E-state index is -0.366. The molecule has 2 rings (SSSR count). The first-order valence-electron chi connectivity index (χ1n) is 6.23. The molecule has 1 fully saturated rings. The first kappa shape index (κ1) is 15.5. The number of piperidine rings is 1. The van der Waals surface area contributed by atoms with Gasteiger partial charge in [0.2, 0.25) is 0 Å². The number of nitrogens with zero attached hydrogens (tertiary/aromatic N) is 2. The van der Waals surface area contributed by atoms with Crippen LogP contribution >= 0.6 is 35.0 Å². The lowest BCUT2D eigenvalue weighted by Crippen LogP contribution is -2.44. The minimum absolute atomic E-state index is 0.120. The minimum Gasteiger partial charge on any atom is -0.338 e. The van der Waals surface area contributed by atoms with Crippen LogP contribution < -0.4 is 0 Å². The van der Waals surface area contributed by atoms with Crippen LogP contribution in [0.3, 0.4) is 0 Å². The maximum Gasteiger partial charge on any atom is 0.255 e. The molecule has 0 N–H and O–H groups in total. The van der Waals surface area contributed by atoms with E-state index >= 15 is 0 Å². The molecule has 0 unspecified atom stereocenters. The van der Waals surface area contributed by atoms with Crippen molar-refractivity contribution >= 4 is 40.9 Å². The Balaban J connectivity index is 2.13. The van der Waals surface area contributed by atoms with Crippen LogP contribution in [0.4, 0.5) is 0 Å². The highest BCUT2D eigenvalue weighted by Gasteiger charge is 2.36. The number of thioether (sulfide) groups is 1. The van der Waals surface area contributed by atoms with Gasteiger partial charge in [-0.25, -0.2) is 0 Å². The average Bonchev–Trinajstić information content (AvgIpc) is 2.49. The Morgan fingerprint density at radius 1 is 1.40 bits per heavy atom. The molecular formula is C14H14Cl2N2OS. The second-order valence-electron chi connectivity index (χ2n) is 4.70. The van der Waals surface area contributed by atoms with Crippen LogP contribution in [0.25, 0.3) is 0 Å². The van der Waals surface area contributed by atoms with Crippen molar-refractivity contribution in [1.82, 2.24) is 4.90 Å². The van der Waals surface area contributed by atoms with Gasteiger partial charge in [0.1, 0.15) is 4.75 Å². The van der Waals surface area contributed by atoms with Crippen LogP contribution in [0.2, 0.25) is 10.0 Å². The summed E-state index contributed by atoms with van der Waals surface area (Å²) >= 11 is 13.6. The molecule has 0 radical (unpaired) electrons. The molecule has 1 aliphatic rings. The summed E-state index contributed by atoms with van der Waals surface area (Å²) < 4.78 is -0.366. The fraction of sp³-hybridized carbons (Fsp3) is 0.429. The molecule has 1 heterocycles. The van der Waals surface area contributed by atoms with Crippen molar-refractivity contribution in [2.24, 2.45) is 0 Å². The smallest absolute Gasteiger partial charge is 0.255 e. The lowest BCUT2D eigenvalue weighted by Gasteiger charge is -2.36. The predicted molar refractivity (Wildman–Crippen MR) is 83.5 cm³/mol. The summed E-state index contributed by atoms with van der Waals surface area (Å²) in [7, 11) is 0. The first-order valence-corrected chi connectivity index (χ1v) is 8.21. The third-order valence-corrected chi connectivity index (χ3v) is 5.73. The van der Waals surface area contributed by atoms with Gasteiger partial charge in [0.15, 0.2) is 0 Å². The molecule has 0 bridgehead atoms. The van der Waals surface area contributed by atoms with E-state index in [1.165, 1.54) is 0 Å². The second kappa shape index (κ2) is 6.26. The van der Waals surface area contributed by atoms with Crippen LogP contribution in [-0.2, 0) is 0 Å². The fourth-order valence-electron chi connectivity index (χ4n) is 2.27. The molecule has 3 nitrogen and oxygen atoms in total. The molecule has 106 valence electrons. The standard InChI is InChI=1S/C14H14Cl2N2OS/c1-20-14(9-17)5-7-18(8-6-14)13(19)10-3-2-4-11(15)12(10)16/h2-4H,5-8H2,1H3. The van der Waals surface area contributed by atoms with Crippen molar-refractivity contribution in [3.05, 3.63) is 33.8 Å². The first-order chi connectivity index (χ1) is 9.53. The number of hydrogen-bond acceptors (Lipinski definition) is 3. The van der Waals surface area contributed by atoms with Gasteiger partial charge in [-0.05, 0) is 31.2 Å². The van der Waals surface area contributed by atoms with E-state index in [1.54, 1.807) is 34.9 Å². The number of carbonyl (C=O) groups is 1. The summed E-state index contributed by atoms with van der Waals surface area (Å²) in [5.41, 5.74) is 0.424. The number of carbonyl (C=O) groups excluding carboxylic acids is 1. The van der Waals surface area contributed by atoms with Gasteiger partial charge >= 0.3 is 0 Å². The molecule has 1 amide bonds. The summed E-state index contributed by atoms with van der Waals surface area (Å²) in [6, 6.07) is 7.42. The van der Waals surface area contributed by atoms with E-state index < -0.39 is 0 Å². The Hall–Kier alpha value is -0.890. The Morgan fingerprint density at radius 3 is 2.60 bits per heavy atom. The van der Waals surface area contributed by atoms with Gasteiger partial charge in [-0.1, -0.05) is 29.3 Å².